The molecule has 1 aliphatic heterocycles. The monoisotopic (exact) mass is 451 g/mol. The first kappa shape index (κ1) is 20.4. The molecule has 1 aliphatic rings. The van der Waals surface area contributed by atoms with E-state index in [9.17, 15) is 4.79 Å². The quantitative estimate of drug-likeness (QED) is 0.507. The van der Waals surface area contributed by atoms with Crippen molar-refractivity contribution in [1.82, 2.24) is 24.7 Å². The third-order valence-electron chi connectivity index (χ3n) is 4.45. The number of aromatic nitrogens is 4. The summed E-state index contributed by atoms with van der Waals surface area (Å²) in [5, 5.41) is 14.0. The third kappa shape index (κ3) is 4.67. The maximum absolute atomic E-state index is 12.6. The number of amides is 1. The minimum atomic E-state index is -0.531. The molecule has 29 heavy (non-hydrogen) atoms. The molecule has 1 fully saturated rings. The number of thioether (sulfide) groups is 1. The largest absolute Gasteiger partial charge is 0.444 e. The minimum Gasteiger partial charge on any atom is -0.444 e. The van der Waals surface area contributed by atoms with Gasteiger partial charge in [0.25, 0.3) is 0 Å². The van der Waals surface area contributed by atoms with Gasteiger partial charge in [0.1, 0.15) is 5.60 Å². The average molecular weight is 452 g/mol. The zero-order valence-corrected chi connectivity index (χ0v) is 18.9. The highest BCUT2D eigenvalue weighted by Crippen LogP contribution is 2.34. The van der Waals surface area contributed by atoms with Crippen LogP contribution in [0.4, 0.5) is 4.79 Å². The van der Waals surface area contributed by atoms with Crippen LogP contribution in [0.1, 0.15) is 51.0 Å². The lowest BCUT2D eigenvalue weighted by atomic mass is 10.2. The van der Waals surface area contributed by atoms with Crippen LogP contribution in [-0.4, -0.2) is 43.0 Å². The van der Waals surface area contributed by atoms with Gasteiger partial charge in [0, 0.05) is 17.3 Å². The number of halogens is 1. The van der Waals surface area contributed by atoms with Gasteiger partial charge in [0.15, 0.2) is 10.2 Å². The summed E-state index contributed by atoms with van der Waals surface area (Å²) in [6.45, 7) is 6.26. The Kier molecular flexibility index (Phi) is 5.72. The Hall–Kier alpha value is -1.84. The van der Waals surface area contributed by atoms with Gasteiger partial charge in [-0.25, -0.2) is 4.79 Å². The van der Waals surface area contributed by atoms with Crippen LogP contribution in [-0.2, 0) is 10.5 Å². The maximum atomic E-state index is 12.6. The van der Waals surface area contributed by atoms with Crippen LogP contribution >= 0.6 is 34.7 Å². The molecule has 0 N–H and O–H groups in total. The van der Waals surface area contributed by atoms with Gasteiger partial charge in [0.05, 0.1) is 6.04 Å². The molecule has 1 unspecified atom stereocenters. The first-order chi connectivity index (χ1) is 13.8. The van der Waals surface area contributed by atoms with Crippen molar-refractivity contribution in [2.24, 2.45) is 0 Å². The predicted molar refractivity (Wildman–Crippen MR) is 115 cm³/mol. The molecule has 10 heteroatoms. The van der Waals surface area contributed by atoms with E-state index in [4.69, 9.17) is 16.3 Å². The fraction of sp³-hybridized carbons (Fsp3) is 0.474. The third-order valence-corrected chi connectivity index (χ3v) is 6.81. The van der Waals surface area contributed by atoms with Gasteiger partial charge in [-0.05, 0) is 51.3 Å². The van der Waals surface area contributed by atoms with Crippen LogP contribution in [0.5, 0.6) is 0 Å². The van der Waals surface area contributed by atoms with Crippen molar-refractivity contribution < 1.29 is 9.53 Å². The maximum Gasteiger partial charge on any atom is 0.410 e. The molecule has 0 spiro atoms. The highest BCUT2D eigenvalue weighted by molar-refractivity contribution is 8.00. The van der Waals surface area contributed by atoms with Crippen molar-refractivity contribution in [2.75, 3.05) is 6.54 Å². The van der Waals surface area contributed by atoms with Gasteiger partial charge in [-0.3, -0.25) is 4.90 Å². The lowest BCUT2D eigenvalue weighted by Crippen LogP contribution is -2.37. The molecule has 154 valence electrons. The number of benzene rings is 1. The number of fused-ring (bicyclic) bond motifs is 1. The number of carbonyl (C=O) groups is 1. The van der Waals surface area contributed by atoms with E-state index < -0.39 is 5.60 Å². The standard InChI is InChI=1S/C19H22ClN5O2S2/c1-19(2,3)27-18(26)24-10-4-5-14(24)15-21-22-16-25(15)23-17(29-16)28-11-12-6-8-13(20)9-7-12/h6-9,14H,4-5,10-11H2,1-3H3. The Bertz CT molecular complexity index is 1010. The second-order valence-corrected chi connectivity index (χ2v) is 10.5. The van der Waals surface area contributed by atoms with Crippen molar-refractivity contribution in [2.45, 2.75) is 55.3 Å². The first-order valence-electron chi connectivity index (χ1n) is 9.39. The molecule has 1 amide bonds. The van der Waals surface area contributed by atoms with E-state index in [1.54, 1.807) is 21.2 Å². The van der Waals surface area contributed by atoms with Crippen LogP contribution in [0.25, 0.3) is 4.96 Å². The molecular formula is C19H22ClN5O2S2. The topological polar surface area (TPSA) is 72.6 Å². The van der Waals surface area contributed by atoms with Crippen molar-refractivity contribution in [3.05, 3.63) is 40.7 Å². The fourth-order valence-electron chi connectivity index (χ4n) is 3.18. The van der Waals surface area contributed by atoms with E-state index in [1.807, 2.05) is 45.0 Å². The van der Waals surface area contributed by atoms with Gasteiger partial charge in [0.2, 0.25) is 4.96 Å². The summed E-state index contributed by atoms with van der Waals surface area (Å²) in [6, 6.07) is 7.63. The lowest BCUT2D eigenvalue weighted by Gasteiger charge is -2.27. The van der Waals surface area contributed by atoms with Crippen LogP contribution in [0.3, 0.4) is 0 Å². The van der Waals surface area contributed by atoms with Crippen molar-refractivity contribution in [3.63, 3.8) is 0 Å². The lowest BCUT2D eigenvalue weighted by molar-refractivity contribution is 0.0217. The molecule has 7 nitrogen and oxygen atoms in total. The normalized spacial score (nSPS) is 17.2. The summed E-state index contributed by atoms with van der Waals surface area (Å²) in [6.07, 6.45) is 1.41. The van der Waals surface area contributed by atoms with Crippen molar-refractivity contribution in [3.8, 4) is 0 Å². The number of nitrogens with zero attached hydrogens (tertiary/aromatic N) is 5. The highest BCUT2D eigenvalue weighted by atomic mass is 35.5. The second-order valence-electron chi connectivity index (χ2n) is 7.87. The van der Waals surface area contributed by atoms with E-state index in [0.717, 1.165) is 32.9 Å². The average Bonchev–Trinajstić information content (AvgIpc) is 3.34. The molecule has 0 bridgehead atoms. The number of rotatable bonds is 4. The predicted octanol–water partition coefficient (Wildman–Crippen LogP) is 5.20. The summed E-state index contributed by atoms with van der Waals surface area (Å²) >= 11 is 9.09. The van der Waals surface area contributed by atoms with E-state index in [2.05, 4.69) is 15.3 Å². The minimum absolute atomic E-state index is 0.170. The van der Waals surface area contributed by atoms with E-state index in [-0.39, 0.29) is 12.1 Å². The van der Waals surface area contributed by atoms with Gasteiger partial charge >= 0.3 is 6.09 Å². The molecule has 0 saturated carbocycles. The Morgan fingerprint density at radius 3 is 2.79 bits per heavy atom. The zero-order chi connectivity index (χ0) is 20.6. The van der Waals surface area contributed by atoms with Crippen molar-refractivity contribution >= 4 is 45.8 Å². The molecule has 3 aromatic rings. The Morgan fingerprint density at radius 1 is 1.31 bits per heavy atom. The number of carbonyl (C=O) groups excluding carboxylic acids is 1. The highest BCUT2D eigenvalue weighted by Gasteiger charge is 2.36. The number of ether oxygens (including phenoxy) is 1. The van der Waals surface area contributed by atoms with Crippen LogP contribution < -0.4 is 0 Å². The fourth-order valence-corrected chi connectivity index (χ4v) is 5.15. The molecule has 4 rings (SSSR count). The zero-order valence-electron chi connectivity index (χ0n) is 16.5. The van der Waals surface area contributed by atoms with Crippen LogP contribution in [0.2, 0.25) is 5.02 Å². The Morgan fingerprint density at radius 2 is 2.07 bits per heavy atom. The number of hydrogen-bond acceptors (Lipinski definition) is 7. The smallest absolute Gasteiger partial charge is 0.410 e. The molecule has 1 aromatic carbocycles. The molecule has 0 radical (unpaired) electrons. The molecule has 1 saturated heterocycles. The molecule has 1 atom stereocenters. The summed E-state index contributed by atoms with van der Waals surface area (Å²) in [7, 11) is 0. The van der Waals surface area contributed by atoms with Gasteiger partial charge in [-0.15, -0.1) is 15.3 Å². The summed E-state index contributed by atoms with van der Waals surface area (Å²) in [5.41, 5.74) is 0.647. The summed E-state index contributed by atoms with van der Waals surface area (Å²) in [4.78, 5) is 15.1. The van der Waals surface area contributed by atoms with Crippen LogP contribution in [0.15, 0.2) is 28.6 Å². The SMILES string of the molecule is CC(C)(C)OC(=O)N1CCCC1c1nnc2sc(SCc3ccc(Cl)cc3)nn12. The summed E-state index contributed by atoms with van der Waals surface area (Å²) < 4.78 is 8.24. The van der Waals surface area contributed by atoms with Gasteiger partial charge in [-0.1, -0.05) is 46.8 Å². The Balaban J connectivity index is 1.50. The molecule has 3 heterocycles. The van der Waals surface area contributed by atoms with Crippen molar-refractivity contribution in [1.29, 1.82) is 0 Å². The van der Waals surface area contributed by atoms with Gasteiger partial charge in [-0.2, -0.15) is 4.52 Å². The summed E-state index contributed by atoms with van der Waals surface area (Å²) in [5.74, 6) is 1.49. The van der Waals surface area contributed by atoms with E-state index >= 15 is 0 Å². The number of likely N-dealkylation sites (tertiary alicyclic amines) is 1. The number of hydrogen-bond donors (Lipinski definition) is 0. The van der Waals surface area contributed by atoms with Gasteiger partial charge < -0.3 is 4.74 Å². The first-order valence-corrected chi connectivity index (χ1v) is 11.6. The van der Waals surface area contributed by atoms with Crippen LogP contribution in [0, 0.1) is 0 Å². The van der Waals surface area contributed by atoms with E-state index in [1.165, 1.54) is 16.9 Å². The second kappa shape index (κ2) is 8.12. The molecular weight excluding hydrogens is 430 g/mol. The molecule has 0 aliphatic carbocycles. The van der Waals surface area contributed by atoms with E-state index in [0.29, 0.717) is 12.4 Å². The Labute approximate surface area is 182 Å². The molecule has 2 aromatic heterocycles.